The van der Waals surface area contributed by atoms with Crippen LogP contribution in [-0.2, 0) is 0 Å². The van der Waals surface area contributed by atoms with Crippen LogP contribution in [0.4, 0.5) is 11.4 Å². The molecule has 0 bridgehead atoms. The third-order valence-corrected chi connectivity index (χ3v) is 3.36. The average Bonchev–Trinajstić information content (AvgIpc) is 2.40. The second-order valence-electron chi connectivity index (χ2n) is 3.66. The van der Waals surface area contributed by atoms with Crippen molar-refractivity contribution in [1.82, 2.24) is 4.98 Å². The summed E-state index contributed by atoms with van der Waals surface area (Å²) in [5.41, 5.74) is -0.644. The molecule has 10 heteroatoms. The molecule has 0 aliphatic rings. The maximum absolute atomic E-state index is 10.9. The molecule has 21 heavy (non-hydrogen) atoms. The summed E-state index contributed by atoms with van der Waals surface area (Å²) in [6.07, 6.45) is 0. The number of hydrogen-bond acceptors (Lipinski definition) is 6. The predicted octanol–water partition coefficient (Wildman–Crippen LogP) is 4.11. The van der Waals surface area contributed by atoms with Crippen molar-refractivity contribution < 1.29 is 14.6 Å². The number of hydrogen-bond donors (Lipinski definition) is 0. The molecule has 2 aromatic rings. The number of nitro benzene ring substituents is 1. The van der Waals surface area contributed by atoms with Gasteiger partial charge >= 0.3 is 11.6 Å². The summed E-state index contributed by atoms with van der Waals surface area (Å²) in [6, 6.07) is 6.43. The van der Waals surface area contributed by atoms with Gasteiger partial charge in [0.1, 0.15) is 9.63 Å². The van der Waals surface area contributed by atoms with Crippen molar-refractivity contribution >= 4 is 38.9 Å². The number of ether oxygens (including phenoxy) is 1. The molecule has 1 aromatic carbocycles. The molecule has 0 unspecified atom stereocenters. The van der Waals surface area contributed by atoms with Gasteiger partial charge in [-0.15, -0.1) is 0 Å². The van der Waals surface area contributed by atoms with Crippen LogP contribution in [0.2, 0.25) is 5.15 Å². The Morgan fingerprint density at radius 3 is 2.38 bits per heavy atom. The van der Waals surface area contributed by atoms with Gasteiger partial charge in [0, 0.05) is 12.1 Å². The molecule has 0 saturated heterocycles. The van der Waals surface area contributed by atoms with Crippen LogP contribution in [-0.4, -0.2) is 14.8 Å². The van der Waals surface area contributed by atoms with Crippen LogP contribution in [0.5, 0.6) is 11.6 Å². The lowest BCUT2D eigenvalue weighted by molar-refractivity contribution is -0.386. The van der Waals surface area contributed by atoms with E-state index in [9.17, 15) is 20.2 Å². The first-order valence-corrected chi connectivity index (χ1v) is 6.49. The topological polar surface area (TPSA) is 108 Å². The van der Waals surface area contributed by atoms with Crippen LogP contribution in [0.15, 0.2) is 34.8 Å². The average molecular weight is 375 g/mol. The van der Waals surface area contributed by atoms with E-state index in [1.54, 1.807) is 0 Å². The summed E-state index contributed by atoms with van der Waals surface area (Å²) in [6.45, 7) is 0. The smallest absolute Gasteiger partial charge is 0.331 e. The van der Waals surface area contributed by atoms with E-state index in [1.165, 1.54) is 24.3 Å². The summed E-state index contributed by atoms with van der Waals surface area (Å²) in [5, 5.41) is 21.7. The Balaban J connectivity index is 2.48. The van der Waals surface area contributed by atoms with Gasteiger partial charge in [0.15, 0.2) is 5.75 Å². The molecule has 8 nitrogen and oxygen atoms in total. The van der Waals surface area contributed by atoms with E-state index in [4.69, 9.17) is 16.3 Å². The fourth-order valence-corrected chi connectivity index (χ4v) is 2.08. The molecule has 1 heterocycles. The summed E-state index contributed by atoms with van der Waals surface area (Å²) in [5.74, 6) is -0.337. The summed E-state index contributed by atoms with van der Waals surface area (Å²) in [4.78, 5) is 24.1. The van der Waals surface area contributed by atoms with E-state index in [0.29, 0.717) is 0 Å². The predicted molar refractivity (Wildman–Crippen MR) is 76.8 cm³/mol. The molecule has 0 radical (unpaired) electrons. The SMILES string of the molecule is O=[N+]([O-])c1ccc(Cl)nc1Oc1cccc([N+](=O)[O-])c1Br. The molecule has 0 aliphatic carbocycles. The zero-order valence-corrected chi connectivity index (χ0v) is 12.4. The van der Waals surface area contributed by atoms with Gasteiger partial charge in [-0.2, -0.15) is 4.98 Å². The minimum atomic E-state index is -0.691. The van der Waals surface area contributed by atoms with Crippen molar-refractivity contribution in [1.29, 1.82) is 0 Å². The monoisotopic (exact) mass is 373 g/mol. The van der Waals surface area contributed by atoms with Crippen LogP contribution >= 0.6 is 27.5 Å². The Hall–Kier alpha value is -2.26. The lowest BCUT2D eigenvalue weighted by Crippen LogP contribution is -1.97. The van der Waals surface area contributed by atoms with E-state index in [-0.39, 0.29) is 26.9 Å². The highest BCUT2D eigenvalue weighted by molar-refractivity contribution is 9.10. The summed E-state index contributed by atoms with van der Waals surface area (Å²) >= 11 is 8.70. The molecule has 0 spiro atoms. The van der Waals surface area contributed by atoms with Gasteiger partial charge in [-0.25, -0.2) is 0 Å². The Morgan fingerprint density at radius 1 is 1.10 bits per heavy atom. The maximum atomic E-state index is 10.9. The fraction of sp³-hybridized carbons (Fsp3) is 0. The maximum Gasteiger partial charge on any atom is 0.331 e. The Bertz CT molecular complexity index is 740. The van der Waals surface area contributed by atoms with E-state index in [0.717, 1.165) is 6.07 Å². The Labute approximate surface area is 130 Å². The first-order valence-electron chi connectivity index (χ1n) is 5.32. The van der Waals surface area contributed by atoms with Gasteiger partial charge in [0.2, 0.25) is 0 Å². The van der Waals surface area contributed by atoms with Crippen LogP contribution in [0.3, 0.4) is 0 Å². The lowest BCUT2D eigenvalue weighted by atomic mass is 10.3. The highest BCUT2D eigenvalue weighted by Gasteiger charge is 2.22. The summed E-state index contributed by atoms with van der Waals surface area (Å²) in [7, 11) is 0. The summed E-state index contributed by atoms with van der Waals surface area (Å²) < 4.78 is 5.33. The van der Waals surface area contributed by atoms with E-state index in [2.05, 4.69) is 20.9 Å². The Morgan fingerprint density at radius 2 is 1.76 bits per heavy atom. The quantitative estimate of drug-likeness (QED) is 0.453. The zero-order valence-electron chi connectivity index (χ0n) is 10.0. The van der Waals surface area contributed by atoms with E-state index in [1.807, 2.05) is 0 Å². The highest BCUT2D eigenvalue weighted by atomic mass is 79.9. The van der Waals surface area contributed by atoms with Crippen LogP contribution in [0.25, 0.3) is 0 Å². The normalized spacial score (nSPS) is 10.2. The number of rotatable bonds is 4. The van der Waals surface area contributed by atoms with Crippen molar-refractivity contribution in [2.24, 2.45) is 0 Å². The molecule has 0 saturated carbocycles. The number of aromatic nitrogens is 1. The second kappa shape index (κ2) is 6.02. The van der Waals surface area contributed by atoms with Crippen LogP contribution < -0.4 is 4.74 Å². The molecule has 0 aliphatic heterocycles. The van der Waals surface area contributed by atoms with Gasteiger partial charge in [-0.3, -0.25) is 20.2 Å². The fourth-order valence-electron chi connectivity index (χ4n) is 1.45. The van der Waals surface area contributed by atoms with Gasteiger partial charge < -0.3 is 4.74 Å². The number of benzene rings is 1. The van der Waals surface area contributed by atoms with Crippen molar-refractivity contribution in [3.05, 3.63) is 60.2 Å². The van der Waals surface area contributed by atoms with Crippen LogP contribution in [0.1, 0.15) is 0 Å². The van der Waals surface area contributed by atoms with Crippen molar-refractivity contribution in [2.75, 3.05) is 0 Å². The largest absolute Gasteiger partial charge is 0.432 e. The minimum absolute atomic E-state index is 0.00264. The molecule has 0 fully saturated rings. The van der Waals surface area contributed by atoms with Gasteiger partial charge in [0.05, 0.1) is 9.85 Å². The molecule has 0 atom stereocenters. The Kier molecular flexibility index (Phi) is 4.34. The van der Waals surface area contributed by atoms with Gasteiger partial charge in [0.25, 0.3) is 5.69 Å². The third kappa shape index (κ3) is 3.26. The molecular formula is C11H5BrClN3O5. The van der Waals surface area contributed by atoms with Gasteiger partial charge in [-0.1, -0.05) is 17.7 Å². The molecule has 0 N–H and O–H groups in total. The van der Waals surface area contributed by atoms with Crippen molar-refractivity contribution in [3.8, 4) is 11.6 Å². The second-order valence-corrected chi connectivity index (χ2v) is 4.84. The first kappa shape index (κ1) is 15.1. The number of nitro groups is 2. The first-order chi connectivity index (χ1) is 9.90. The van der Waals surface area contributed by atoms with Crippen molar-refractivity contribution in [3.63, 3.8) is 0 Å². The zero-order chi connectivity index (χ0) is 15.6. The lowest BCUT2D eigenvalue weighted by Gasteiger charge is -2.07. The van der Waals surface area contributed by atoms with Crippen LogP contribution in [0, 0.1) is 20.2 Å². The molecule has 1 aromatic heterocycles. The molecular weight excluding hydrogens is 369 g/mol. The molecule has 108 valence electrons. The minimum Gasteiger partial charge on any atom is -0.432 e. The third-order valence-electron chi connectivity index (χ3n) is 2.35. The molecule has 2 rings (SSSR count). The number of nitrogens with zero attached hydrogens (tertiary/aromatic N) is 3. The van der Waals surface area contributed by atoms with Crippen molar-refractivity contribution in [2.45, 2.75) is 0 Å². The number of halogens is 2. The van der Waals surface area contributed by atoms with E-state index < -0.39 is 15.5 Å². The van der Waals surface area contributed by atoms with E-state index >= 15 is 0 Å². The number of pyridine rings is 1. The highest BCUT2D eigenvalue weighted by Crippen LogP contribution is 2.38. The standard InChI is InChI=1S/C11H5BrClN3O5/c12-10-6(15(17)18)2-1-3-8(10)21-11-7(16(19)20)4-5-9(13)14-11/h1-5H. The van der Waals surface area contributed by atoms with Gasteiger partial charge in [-0.05, 0) is 28.1 Å². The molecule has 0 amide bonds.